The number of hydrogen-bond acceptors (Lipinski definition) is 7. The molecule has 1 amide bonds. The molecular formula is C16H18F2N4OS3. The lowest BCUT2D eigenvalue weighted by Gasteiger charge is -2.11. The summed E-state index contributed by atoms with van der Waals surface area (Å²) < 4.78 is 25.3. The molecule has 1 aromatic carbocycles. The fourth-order valence-corrected chi connectivity index (χ4v) is 4.38. The Morgan fingerprint density at radius 1 is 1.31 bits per heavy atom. The minimum atomic E-state index is -2.43. The van der Waals surface area contributed by atoms with E-state index in [2.05, 4.69) is 20.8 Å². The smallest absolute Gasteiger partial charge is 0.288 e. The molecule has 10 heteroatoms. The number of amides is 1. The van der Waals surface area contributed by atoms with Crippen molar-refractivity contribution in [1.82, 2.24) is 15.5 Å². The summed E-state index contributed by atoms with van der Waals surface area (Å²) in [6, 6.07) is 6.92. The quantitative estimate of drug-likeness (QED) is 0.582. The van der Waals surface area contributed by atoms with Gasteiger partial charge in [0.05, 0.1) is 5.75 Å². The molecule has 0 aliphatic heterocycles. The minimum absolute atomic E-state index is 0.00577. The number of nitrogens with zero attached hydrogens (tertiary/aromatic N) is 2. The van der Waals surface area contributed by atoms with E-state index in [0.717, 1.165) is 5.69 Å². The van der Waals surface area contributed by atoms with Crippen LogP contribution in [-0.2, 0) is 4.79 Å². The first-order chi connectivity index (χ1) is 12.5. The zero-order valence-corrected chi connectivity index (χ0v) is 16.4. The van der Waals surface area contributed by atoms with Crippen molar-refractivity contribution in [3.63, 3.8) is 0 Å². The van der Waals surface area contributed by atoms with Crippen molar-refractivity contribution >= 4 is 51.6 Å². The molecule has 0 saturated heterocycles. The zero-order valence-electron chi connectivity index (χ0n) is 13.9. The number of carbonyl (C=O) groups is 1. The summed E-state index contributed by atoms with van der Waals surface area (Å²) >= 11 is 3.20. The van der Waals surface area contributed by atoms with Gasteiger partial charge < -0.3 is 10.6 Å². The van der Waals surface area contributed by atoms with Crippen molar-refractivity contribution in [3.8, 4) is 0 Å². The Balaban J connectivity index is 1.45. The van der Waals surface area contributed by atoms with Crippen molar-refractivity contribution < 1.29 is 13.6 Å². The second-order valence-corrected chi connectivity index (χ2v) is 9.15. The maximum absolute atomic E-state index is 12.3. The van der Waals surface area contributed by atoms with Gasteiger partial charge in [0.1, 0.15) is 0 Å². The van der Waals surface area contributed by atoms with Crippen LogP contribution in [-0.4, -0.2) is 33.7 Å². The first kappa shape index (κ1) is 19.4. The normalized spacial score (nSPS) is 15.1. The second kappa shape index (κ2) is 9.01. The fourth-order valence-electron chi connectivity index (χ4n) is 2.30. The number of hydrogen-bond donors (Lipinski definition) is 2. The molecule has 1 saturated carbocycles. The van der Waals surface area contributed by atoms with E-state index in [0.29, 0.717) is 37.8 Å². The van der Waals surface area contributed by atoms with Crippen molar-refractivity contribution in [3.05, 3.63) is 24.3 Å². The molecule has 1 fully saturated rings. The maximum atomic E-state index is 12.3. The summed E-state index contributed by atoms with van der Waals surface area (Å²) in [4.78, 5) is 12.4. The summed E-state index contributed by atoms with van der Waals surface area (Å²) in [6.07, 6.45) is 2.39. The Morgan fingerprint density at radius 3 is 2.69 bits per heavy atom. The monoisotopic (exact) mass is 416 g/mol. The number of anilines is 2. The first-order valence-corrected chi connectivity index (χ1v) is 10.8. The SMILES string of the molecule is CC(NC(=O)CSc1nnc(Nc2ccc(SC(F)F)cc2)s1)C1CC1. The lowest BCUT2D eigenvalue weighted by atomic mass is 10.2. The topological polar surface area (TPSA) is 66.9 Å². The number of carbonyl (C=O) groups excluding carboxylic acids is 1. The standard InChI is InChI=1S/C16H18F2N4OS3/c1-9(10-2-3-10)19-13(23)8-24-16-22-21-15(26-16)20-11-4-6-12(7-5-11)25-14(17)18/h4-7,9-10,14H,2-3,8H2,1H3,(H,19,23)(H,20,21). The molecule has 1 aromatic heterocycles. The Morgan fingerprint density at radius 2 is 2.04 bits per heavy atom. The van der Waals surface area contributed by atoms with Gasteiger partial charge >= 0.3 is 0 Å². The summed E-state index contributed by atoms with van der Waals surface area (Å²) in [5.41, 5.74) is 0.743. The van der Waals surface area contributed by atoms with Crippen molar-refractivity contribution in [2.75, 3.05) is 11.1 Å². The second-order valence-electron chi connectivity index (χ2n) is 5.88. The lowest BCUT2D eigenvalue weighted by Crippen LogP contribution is -2.35. The zero-order chi connectivity index (χ0) is 18.5. The van der Waals surface area contributed by atoms with Crippen LogP contribution in [0.1, 0.15) is 19.8 Å². The van der Waals surface area contributed by atoms with Crippen LogP contribution in [0.5, 0.6) is 0 Å². The van der Waals surface area contributed by atoms with E-state index in [1.165, 1.54) is 35.9 Å². The predicted molar refractivity (Wildman–Crippen MR) is 103 cm³/mol. The van der Waals surface area contributed by atoms with Crippen LogP contribution in [0.3, 0.4) is 0 Å². The molecule has 5 nitrogen and oxygen atoms in total. The number of aromatic nitrogens is 2. The molecule has 2 aromatic rings. The predicted octanol–water partition coefficient (Wildman–Crippen LogP) is 4.60. The summed E-state index contributed by atoms with van der Waals surface area (Å²) in [6.45, 7) is 2.04. The third-order valence-electron chi connectivity index (χ3n) is 3.78. The van der Waals surface area contributed by atoms with Gasteiger partial charge in [0.25, 0.3) is 5.76 Å². The number of nitrogens with one attached hydrogen (secondary N) is 2. The summed E-state index contributed by atoms with van der Waals surface area (Å²) in [7, 11) is 0. The Hall–Kier alpha value is -1.39. The van der Waals surface area contributed by atoms with E-state index >= 15 is 0 Å². The van der Waals surface area contributed by atoms with E-state index < -0.39 is 5.76 Å². The van der Waals surface area contributed by atoms with Crippen molar-refractivity contribution in [1.29, 1.82) is 0 Å². The van der Waals surface area contributed by atoms with Gasteiger partial charge in [-0.25, -0.2) is 0 Å². The molecule has 3 rings (SSSR count). The molecule has 0 bridgehead atoms. The molecule has 1 atom stereocenters. The van der Waals surface area contributed by atoms with Crippen LogP contribution >= 0.6 is 34.9 Å². The van der Waals surface area contributed by atoms with E-state index in [-0.39, 0.29) is 11.9 Å². The molecular weight excluding hydrogens is 398 g/mol. The minimum Gasteiger partial charge on any atom is -0.353 e. The van der Waals surface area contributed by atoms with E-state index in [4.69, 9.17) is 0 Å². The molecule has 1 aliphatic carbocycles. The Bertz CT molecular complexity index is 737. The fraction of sp³-hybridized carbons (Fsp3) is 0.438. The lowest BCUT2D eigenvalue weighted by molar-refractivity contribution is -0.119. The van der Waals surface area contributed by atoms with Crippen LogP contribution < -0.4 is 10.6 Å². The average molecular weight is 417 g/mol. The molecule has 140 valence electrons. The number of benzene rings is 1. The highest BCUT2D eigenvalue weighted by Gasteiger charge is 2.28. The first-order valence-electron chi connectivity index (χ1n) is 8.07. The molecule has 1 unspecified atom stereocenters. The Kier molecular flexibility index (Phi) is 6.71. The largest absolute Gasteiger partial charge is 0.353 e. The van der Waals surface area contributed by atoms with E-state index in [9.17, 15) is 13.6 Å². The number of alkyl halides is 2. The third-order valence-corrected chi connectivity index (χ3v) is 6.48. The van der Waals surface area contributed by atoms with Gasteiger partial charge in [-0.2, -0.15) is 8.78 Å². The number of halogens is 2. The van der Waals surface area contributed by atoms with Gasteiger partial charge in [-0.05, 0) is 49.9 Å². The highest BCUT2D eigenvalue weighted by atomic mass is 32.2. The van der Waals surface area contributed by atoms with Crippen molar-refractivity contribution in [2.24, 2.45) is 5.92 Å². The van der Waals surface area contributed by atoms with Crippen LogP contribution in [0.4, 0.5) is 19.6 Å². The molecule has 0 radical (unpaired) electrons. The van der Waals surface area contributed by atoms with E-state index in [1.807, 2.05) is 6.92 Å². The molecule has 1 heterocycles. The van der Waals surface area contributed by atoms with E-state index in [1.54, 1.807) is 24.3 Å². The molecule has 2 N–H and O–H groups in total. The molecule has 1 aliphatic rings. The van der Waals surface area contributed by atoms with Crippen LogP contribution in [0, 0.1) is 5.92 Å². The summed E-state index contributed by atoms with van der Waals surface area (Å²) in [5, 5.41) is 14.8. The third kappa shape index (κ3) is 6.10. The van der Waals surface area contributed by atoms with Gasteiger partial charge in [0.15, 0.2) is 4.34 Å². The number of rotatable bonds is 9. The molecule has 26 heavy (non-hydrogen) atoms. The van der Waals surface area contributed by atoms with Gasteiger partial charge in [-0.15, -0.1) is 10.2 Å². The Labute approximate surface area is 162 Å². The van der Waals surface area contributed by atoms with Crippen LogP contribution in [0.2, 0.25) is 0 Å². The van der Waals surface area contributed by atoms with Gasteiger partial charge in [0, 0.05) is 16.6 Å². The highest BCUT2D eigenvalue weighted by molar-refractivity contribution is 8.01. The van der Waals surface area contributed by atoms with Gasteiger partial charge in [-0.1, -0.05) is 34.9 Å². The highest BCUT2D eigenvalue weighted by Crippen LogP contribution is 2.33. The number of thioether (sulfide) groups is 2. The van der Waals surface area contributed by atoms with Gasteiger partial charge in [-0.3, -0.25) is 4.79 Å². The van der Waals surface area contributed by atoms with Crippen LogP contribution in [0.15, 0.2) is 33.5 Å². The molecule has 0 spiro atoms. The van der Waals surface area contributed by atoms with Crippen molar-refractivity contribution in [2.45, 2.75) is 40.8 Å². The van der Waals surface area contributed by atoms with Crippen LogP contribution in [0.25, 0.3) is 0 Å². The average Bonchev–Trinajstić information content (AvgIpc) is 3.35. The maximum Gasteiger partial charge on any atom is 0.288 e. The van der Waals surface area contributed by atoms with Gasteiger partial charge in [0.2, 0.25) is 11.0 Å². The summed E-state index contributed by atoms with van der Waals surface area (Å²) in [5.74, 6) is -1.48.